The zero-order valence-corrected chi connectivity index (χ0v) is 10.9. The summed E-state index contributed by atoms with van der Waals surface area (Å²) in [5.41, 5.74) is 0.0442. The van der Waals surface area contributed by atoms with E-state index in [0.29, 0.717) is 5.56 Å². The van der Waals surface area contributed by atoms with E-state index in [2.05, 4.69) is 0 Å². The van der Waals surface area contributed by atoms with Crippen LogP contribution in [0.2, 0.25) is 0 Å². The van der Waals surface area contributed by atoms with Crippen molar-refractivity contribution in [1.29, 1.82) is 5.26 Å². The Bertz CT molecular complexity index is 805. The van der Waals surface area contributed by atoms with Crippen LogP contribution >= 0.6 is 0 Å². The van der Waals surface area contributed by atoms with Gasteiger partial charge in [-0.25, -0.2) is 8.42 Å². The van der Waals surface area contributed by atoms with E-state index in [0.717, 1.165) is 6.07 Å². The minimum atomic E-state index is -3.83. The minimum absolute atomic E-state index is 0.0167. The molecule has 0 saturated heterocycles. The molecular weight excluding hydrogens is 280 g/mol. The first-order valence-electron chi connectivity index (χ1n) is 5.45. The molecule has 0 heterocycles. The molecule has 20 heavy (non-hydrogen) atoms. The molecule has 0 aliphatic carbocycles. The molecule has 0 fully saturated rings. The van der Waals surface area contributed by atoms with Crippen LogP contribution in [0.4, 0.5) is 5.69 Å². The van der Waals surface area contributed by atoms with Gasteiger partial charge in [-0.1, -0.05) is 6.07 Å². The Morgan fingerprint density at radius 2 is 1.70 bits per heavy atom. The summed E-state index contributed by atoms with van der Waals surface area (Å²) in [5.74, 6) is 0. The van der Waals surface area contributed by atoms with Crippen molar-refractivity contribution in [3.63, 3.8) is 0 Å². The number of non-ortho nitro benzene ring substituents is 1. The van der Waals surface area contributed by atoms with Crippen molar-refractivity contribution >= 4 is 15.5 Å². The van der Waals surface area contributed by atoms with Gasteiger partial charge in [0.1, 0.15) is 0 Å². The van der Waals surface area contributed by atoms with Crippen LogP contribution in [0.25, 0.3) is 0 Å². The second-order valence-electron chi connectivity index (χ2n) is 3.89. The molecule has 2 rings (SSSR count). The van der Waals surface area contributed by atoms with Crippen molar-refractivity contribution in [3.8, 4) is 6.07 Å². The van der Waals surface area contributed by atoms with Gasteiger partial charge in [0.25, 0.3) is 5.69 Å². The van der Waals surface area contributed by atoms with Gasteiger partial charge in [0, 0.05) is 12.1 Å². The molecule has 0 aliphatic heterocycles. The van der Waals surface area contributed by atoms with Crippen molar-refractivity contribution in [2.75, 3.05) is 0 Å². The summed E-state index contributed by atoms with van der Waals surface area (Å²) < 4.78 is 24.6. The molecule has 7 heteroatoms. The summed E-state index contributed by atoms with van der Waals surface area (Å²) in [6.07, 6.45) is 0. The van der Waals surface area contributed by atoms with Gasteiger partial charge in [0.05, 0.1) is 26.3 Å². The van der Waals surface area contributed by atoms with Crippen LogP contribution in [0.3, 0.4) is 0 Å². The van der Waals surface area contributed by atoms with Crippen molar-refractivity contribution in [2.45, 2.75) is 9.79 Å². The van der Waals surface area contributed by atoms with E-state index >= 15 is 0 Å². The zero-order valence-electron chi connectivity index (χ0n) is 10.1. The molecule has 0 N–H and O–H groups in total. The van der Waals surface area contributed by atoms with Crippen molar-refractivity contribution < 1.29 is 13.3 Å². The van der Waals surface area contributed by atoms with Crippen LogP contribution < -0.4 is 0 Å². The van der Waals surface area contributed by atoms with Crippen LogP contribution in [0, 0.1) is 21.4 Å². The zero-order chi connectivity index (χ0) is 14.8. The van der Waals surface area contributed by atoms with E-state index in [4.69, 9.17) is 5.26 Å². The van der Waals surface area contributed by atoms with Gasteiger partial charge in [-0.3, -0.25) is 10.1 Å². The third-order valence-corrected chi connectivity index (χ3v) is 4.40. The largest absolute Gasteiger partial charge is 0.270 e. The molecule has 0 radical (unpaired) electrons. The molecular formula is C13H8N2O4S. The topological polar surface area (TPSA) is 101 Å². The van der Waals surface area contributed by atoms with Gasteiger partial charge in [-0.15, -0.1) is 0 Å². The third kappa shape index (κ3) is 2.50. The minimum Gasteiger partial charge on any atom is -0.258 e. The first kappa shape index (κ1) is 13.7. The summed E-state index contributed by atoms with van der Waals surface area (Å²) in [7, 11) is -3.83. The Kier molecular flexibility index (Phi) is 3.50. The van der Waals surface area contributed by atoms with E-state index in [1.165, 1.54) is 42.5 Å². The lowest BCUT2D eigenvalue weighted by atomic mass is 10.2. The van der Waals surface area contributed by atoms with Gasteiger partial charge in [0.2, 0.25) is 9.84 Å². The van der Waals surface area contributed by atoms with Crippen molar-refractivity contribution in [2.24, 2.45) is 0 Å². The molecule has 0 amide bonds. The Hall–Kier alpha value is -2.72. The highest BCUT2D eigenvalue weighted by Gasteiger charge is 2.20. The van der Waals surface area contributed by atoms with Gasteiger partial charge in [-0.05, 0) is 30.3 Å². The van der Waals surface area contributed by atoms with E-state index < -0.39 is 14.8 Å². The molecule has 100 valence electrons. The lowest BCUT2D eigenvalue weighted by Crippen LogP contribution is -2.02. The number of hydrogen-bond donors (Lipinski definition) is 0. The normalized spacial score (nSPS) is 10.8. The smallest absolute Gasteiger partial charge is 0.258 e. The van der Waals surface area contributed by atoms with E-state index in [-0.39, 0.29) is 15.5 Å². The maximum atomic E-state index is 12.3. The van der Waals surface area contributed by atoms with Crippen LogP contribution in [-0.4, -0.2) is 13.3 Å². The molecule has 0 aromatic heterocycles. The van der Waals surface area contributed by atoms with E-state index in [1.807, 2.05) is 6.07 Å². The van der Waals surface area contributed by atoms with Crippen molar-refractivity contribution in [3.05, 3.63) is 64.2 Å². The van der Waals surface area contributed by atoms with Crippen LogP contribution in [-0.2, 0) is 9.84 Å². The first-order chi connectivity index (χ1) is 9.45. The Balaban J connectivity index is 2.52. The summed E-state index contributed by atoms with van der Waals surface area (Å²) in [6, 6.07) is 12.1. The molecule has 2 aromatic carbocycles. The predicted octanol–water partition coefficient (Wildman–Crippen LogP) is 2.30. The summed E-state index contributed by atoms with van der Waals surface area (Å²) >= 11 is 0. The second-order valence-corrected chi connectivity index (χ2v) is 5.84. The number of nitro groups is 1. The quantitative estimate of drug-likeness (QED) is 0.637. The Morgan fingerprint density at radius 1 is 1.05 bits per heavy atom. The summed E-state index contributed by atoms with van der Waals surface area (Å²) in [5, 5.41) is 19.3. The second kappa shape index (κ2) is 5.11. The van der Waals surface area contributed by atoms with Gasteiger partial charge >= 0.3 is 0 Å². The summed E-state index contributed by atoms with van der Waals surface area (Å²) in [6.45, 7) is 0. The number of hydrogen-bond acceptors (Lipinski definition) is 5. The highest BCUT2D eigenvalue weighted by molar-refractivity contribution is 7.91. The maximum Gasteiger partial charge on any atom is 0.270 e. The van der Waals surface area contributed by atoms with Gasteiger partial charge < -0.3 is 0 Å². The fourth-order valence-corrected chi connectivity index (χ4v) is 2.91. The first-order valence-corrected chi connectivity index (χ1v) is 6.93. The molecule has 0 unspecified atom stereocenters. The number of nitro benzene ring substituents is 1. The molecule has 0 spiro atoms. The average molecular weight is 288 g/mol. The lowest BCUT2D eigenvalue weighted by molar-refractivity contribution is -0.385. The fraction of sp³-hybridized carbons (Fsp3) is 0. The molecule has 6 nitrogen and oxygen atoms in total. The average Bonchev–Trinajstić information content (AvgIpc) is 2.47. The molecule has 0 saturated carbocycles. The number of nitriles is 1. The SMILES string of the molecule is N#Cc1ccc(S(=O)(=O)c2cccc([N+](=O)[O-])c2)cc1. The maximum absolute atomic E-state index is 12.3. The number of benzene rings is 2. The molecule has 2 aromatic rings. The van der Waals surface area contributed by atoms with E-state index in [9.17, 15) is 18.5 Å². The van der Waals surface area contributed by atoms with Crippen LogP contribution in [0.5, 0.6) is 0 Å². The highest BCUT2D eigenvalue weighted by atomic mass is 32.2. The van der Waals surface area contributed by atoms with Crippen LogP contribution in [0.1, 0.15) is 5.56 Å². The number of rotatable bonds is 3. The predicted molar refractivity (Wildman–Crippen MR) is 69.7 cm³/mol. The molecule has 0 aliphatic rings. The van der Waals surface area contributed by atoms with Gasteiger partial charge in [-0.2, -0.15) is 5.26 Å². The molecule has 0 bridgehead atoms. The van der Waals surface area contributed by atoms with Crippen LogP contribution in [0.15, 0.2) is 58.3 Å². The Labute approximate surface area is 115 Å². The standard InChI is InChI=1S/C13H8N2O4S/c14-9-10-4-6-12(7-5-10)20(18,19)13-3-1-2-11(8-13)15(16)17/h1-8H. The third-order valence-electron chi connectivity index (χ3n) is 2.63. The molecule has 0 atom stereocenters. The fourth-order valence-electron chi connectivity index (χ4n) is 1.61. The summed E-state index contributed by atoms with van der Waals surface area (Å²) in [4.78, 5) is 9.85. The highest BCUT2D eigenvalue weighted by Crippen LogP contribution is 2.24. The Morgan fingerprint density at radius 3 is 2.25 bits per heavy atom. The van der Waals surface area contributed by atoms with E-state index in [1.54, 1.807) is 0 Å². The van der Waals surface area contributed by atoms with Crippen molar-refractivity contribution in [1.82, 2.24) is 0 Å². The number of nitrogens with zero attached hydrogens (tertiary/aromatic N) is 2. The monoisotopic (exact) mass is 288 g/mol. The van der Waals surface area contributed by atoms with Gasteiger partial charge in [0.15, 0.2) is 0 Å². The number of sulfone groups is 1. The lowest BCUT2D eigenvalue weighted by Gasteiger charge is -2.04.